The van der Waals surface area contributed by atoms with Gasteiger partial charge in [-0.15, -0.1) is 0 Å². The van der Waals surface area contributed by atoms with Gasteiger partial charge in [-0.25, -0.2) is 9.37 Å². The highest BCUT2D eigenvalue weighted by atomic mass is 35.5. The van der Waals surface area contributed by atoms with Gasteiger partial charge in [0.05, 0.1) is 12.1 Å². The lowest BCUT2D eigenvalue weighted by molar-refractivity contribution is 0.101. The van der Waals surface area contributed by atoms with Crippen LogP contribution in [0.3, 0.4) is 0 Å². The molecule has 4 nitrogen and oxygen atoms in total. The summed E-state index contributed by atoms with van der Waals surface area (Å²) in [4.78, 5) is 15.7. The van der Waals surface area contributed by atoms with Crippen LogP contribution in [0.25, 0.3) is 0 Å². The molecule has 0 atom stereocenters. The number of anilines is 1. The Hall–Kier alpha value is -2.14. The maximum atomic E-state index is 13.6. The molecule has 0 saturated heterocycles. The van der Waals surface area contributed by atoms with Crippen molar-refractivity contribution >= 4 is 23.2 Å². The quantitative estimate of drug-likeness (QED) is 0.943. The molecule has 1 N–H and O–H groups in total. The summed E-state index contributed by atoms with van der Waals surface area (Å²) >= 11 is 5.95. The van der Waals surface area contributed by atoms with Crippen LogP contribution >= 0.6 is 11.6 Å². The number of benzene rings is 1. The number of methoxy groups -OCH3 is 1. The molecule has 0 fully saturated rings. The first kappa shape index (κ1) is 14.3. The second-order valence-corrected chi connectivity index (χ2v) is 4.55. The lowest BCUT2D eigenvalue weighted by Gasteiger charge is -2.08. The summed E-state index contributed by atoms with van der Waals surface area (Å²) in [6.07, 6.45) is 1.43. The van der Waals surface area contributed by atoms with E-state index in [4.69, 9.17) is 16.3 Å². The van der Waals surface area contributed by atoms with Crippen LogP contribution in [0, 0.1) is 12.7 Å². The summed E-state index contributed by atoms with van der Waals surface area (Å²) in [5.41, 5.74) is 0.816. The van der Waals surface area contributed by atoms with Crippen LogP contribution < -0.4 is 10.1 Å². The number of pyridine rings is 1. The van der Waals surface area contributed by atoms with Gasteiger partial charge in [0, 0.05) is 11.9 Å². The van der Waals surface area contributed by atoms with Crippen LogP contribution in [0.4, 0.5) is 10.1 Å². The molecule has 1 aromatic heterocycles. The number of ether oxygens (including phenoxy) is 1. The largest absolute Gasteiger partial charge is 0.495 e. The number of nitrogens with zero attached hydrogens (tertiary/aromatic N) is 1. The van der Waals surface area contributed by atoms with E-state index in [-0.39, 0.29) is 5.69 Å². The van der Waals surface area contributed by atoms with Crippen molar-refractivity contribution < 1.29 is 13.9 Å². The van der Waals surface area contributed by atoms with Crippen LogP contribution in [0.15, 0.2) is 30.5 Å². The van der Waals surface area contributed by atoms with Gasteiger partial charge in [0.2, 0.25) is 0 Å². The summed E-state index contributed by atoms with van der Waals surface area (Å²) in [7, 11) is 1.49. The van der Waals surface area contributed by atoms with Gasteiger partial charge in [0.15, 0.2) is 11.5 Å². The molecule has 2 aromatic rings. The number of carbonyl (C=O) groups is 1. The van der Waals surface area contributed by atoms with E-state index in [0.717, 1.165) is 0 Å². The van der Waals surface area contributed by atoms with Gasteiger partial charge < -0.3 is 10.1 Å². The summed E-state index contributed by atoms with van der Waals surface area (Å²) in [5.74, 6) is -0.810. The molecular weight excluding hydrogens is 283 g/mol. The third-order valence-electron chi connectivity index (χ3n) is 2.60. The number of halogens is 2. The molecule has 2 rings (SSSR count). The second kappa shape index (κ2) is 5.88. The summed E-state index contributed by atoms with van der Waals surface area (Å²) in [5, 5.41) is 2.88. The van der Waals surface area contributed by atoms with E-state index in [1.54, 1.807) is 19.1 Å². The highest BCUT2D eigenvalue weighted by Crippen LogP contribution is 2.27. The number of amides is 1. The van der Waals surface area contributed by atoms with Crippen LogP contribution in [0.2, 0.25) is 5.02 Å². The Bertz CT molecular complexity index is 662. The molecule has 0 aliphatic rings. The molecular formula is C14H12ClFN2O2. The highest BCUT2D eigenvalue weighted by Gasteiger charge is 2.14. The normalized spacial score (nSPS) is 10.2. The topological polar surface area (TPSA) is 51.2 Å². The molecule has 0 unspecified atom stereocenters. The van der Waals surface area contributed by atoms with Crippen molar-refractivity contribution in [3.05, 3.63) is 52.6 Å². The zero-order valence-corrected chi connectivity index (χ0v) is 11.7. The number of nitrogens with one attached hydrogen (secondary N) is 1. The van der Waals surface area contributed by atoms with E-state index in [9.17, 15) is 9.18 Å². The molecule has 6 heteroatoms. The second-order valence-electron chi connectivity index (χ2n) is 4.15. The number of aryl methyl sites for hydroxylation is 1. The Balaban J connectivity index is 2.21. The molecule has 0 bridgehead atoms. The predicted molar refractivity (Wildman–Crippen MR) is 74.9 cm³/mol. The number of hydrogen-bond acceptors (Lipinski definition) is 3. The first-order chi connectivity index (χ1) is 9.51. The fourth-order valence-corrected chi connectivity index (χ4v) is 1.89. The minimum absolute atomic E-state index is 0.262. The molecule has 0 radical (unpaired) electrons. The van der Waals surface area contributed by atoms with E-state index >= 15 is 0 Å². The SMILES string of the molecule is COc1ccc(NC(=O)c2ncc(C)cc2F)cc1Cl. The van der Waals surface area contributed by atoms with Gasteiger partial charge in [0.1, 0.15) is 5.75 Å². The maximum Gasteiger partial charge on any atom is 0.277 e. The molecule has 1 aromatic carbocycles. The molecule has 20 heavy (non-hydrogen) atoms. The highest BCUT2D eigenvalue weighted by molar-refractivity contribution is 6.32. The van der Waals surface area contributed by atoms with Crippen molar-refractivity contribution in [2.24, 2.45) is 0 Å². The van der Waals surface area contributed by atoms with Crippen molar-refractivity contribution in [1.29, 1.82) is 0 Å². The number of hydrogen-bond donors (Lipinski definition) is 1. The standard InChI is InChI=1S/C14H12ClFN2O2/c1-8-5-11(16)13(17-7-8)14(19)18-9-3-4-12(20-2)10(15)6-9/h3-7H,1-2H3,(H,18,19). The van der Waals surface area contributed by atoms with Crippen molar-refractivity contribution in [3.63, 3.8) is 0 Å². The van der Waals surface area contributed by atoms with E-state index in [1.165, 1.54) is 25.4 Å². The fraction of sp³-hybridized carbons (Fsp3) is 0.143. The van der Waals surface area contributed by atoms with Crippen LogP contribution in [0.5, 0.6) is 5.75 Å². The Morgan fingerprint density at radius 2 is 2.15 bits per heavy atom. The van der Waals surface area contributed by atoms with Crippen molar-refractivity contribution in [2.45, 2.75) is 6.92 Å². The first-order valence-corrected chi connectivity index (χ1v) is 6.16. The summed E-state index contributed by atoms with van der Waals surface area (Å²) < 4.78 is 18.6. The van der Waals surface area contributed by atoms with Gasteiger partial charge in [-0.3, -0.25) is 4.79 Å². The van der Waals surface area contributed by atoms with Crippen LogP contribution in [0.1, 0.15) is 16.1 Å². The first-order valence-electron chi connectivity index (χ1n) is 5.78. The minimum atomic E-state index is -0.665. The average molecular weight is 295 g/mol. The van der Waals surface area contributed by atoms with Crippen molar-refractivity contribution in [2.75, 3.05) is 12.4 Å². The van der Waals surface area contributed by atoms with Gasteiger partial charge in [-0.1, -0.05) is 11.6 Å². The number of rotatable bonds is 3. The Morgan fingerprint density at radius 3 is 2.75 bits per heavy atom. The van der Waals surface area contributed by atoms with Gasteiger partial charge in [-0.05, 0) is 36.8 Å². The summed E-state index contributed by atoms with van der Waals surface area (Å²) in [6.45, 7) is 1.70. The van der Waals surface area contributed by atoms with E-state index < -0.39 is 11.7 Å². The molecule has 104 valence electrons. The molecule has 0 aliphatic heterocycles. The fourth-order valence-electron chi connectivity index (χ4n) is 1.64. The number of carbonyl (C=O) groups excluding carboxylic acids is 1. The smallest absolute Gasteiger partial charge is 0.277 e. The molecule has 0 spiro atoms. The average Bonchev–Trinajstić information content (AvgIpc) is 2.38. The monoisotopic (exact) mass is 294 g/mol. The molecule has 0 aliphatic carbocycles. The van der Waals surface area contributed by atoms with Crippen molar-refractivity contribution in [1.82, 2.24) is 4.98 Å². The van der Waals surface area contributed by atoms with E-state index in [1.807, 2.05) is 0 Å². The van der Waals surface area contributed by atoms with Gasteiger partial charge >= 0.3 is 0 Å². The third-order valence-corrected chi connectivity index (χ3v) is 2.90. The number of aromatic nitrogens is 1. The van der Waals surface area contributed by atoms with E-state index in [0.29, 0.717) is 22.0 Å². The van der Waals surface area contributed by atoms with Crippen molar-refractivity contribution in [3.8, 4) is 5.75 Å². The maximum absolute atomic E-state index is 13.6. The molecule has 0 saturated carbocycles. The minimum Gasteiger partial charge on any atom is -0.495 e. The Kier molecular flexibility index (Phi) is 4.20. The van der Waals surface area contributed by atoms with E-state index in [2.05, 4.69) is 10.3 Å². The Morgan fingerprint density at radius 1 is 1.40 bits per heavy atom. The lowest BCUT2D eigenvalue weighted by Crippen LogP contribution is -2.15. The third kappa shape index (κ3) is 3.05. The van der Waals surface area contributed by atoms with Gasteiger partial charge in [0.25, 0.3) is 5.91 Å². The predicted octanol–water partition coefficient (Wildman–Crippen LogP) is 3.44. The van der Waals surface area contributed by atoms with Crippen LogP contribution in [-0.2, 0) is 0 Å². The molecule has 1 heterocycles. The zero-order valence-electron chi connectivity index (χ0n) is 10.9. The molecule has 1 amide bonds. The van der Waals surface area contributed by atoms with Gasteiger partial charge in [-0.2, -0.15) is 0 Å². The summed E-state index contributed by atoms with van der Waals surface area (Å²) in [6, 6.07) is 5.98. The lowest BCUT2D eigenvalue weighted by atomic mass is 10.2. The zero-order chi connectivity index (χ0) is 14.7. The Labute approximate surface area is 120 Å². The van der Waals surface area contributed by atoms with Crippen LogP contribution in [-0.4, -0.2) is 18.0 Å².